The number of aromatic hydroxyl groups is 2. The summed E-state index contributed by atoms with van der Waals surface area (Å²) >= 11 is 1.40. The summed E-state index contributed by atoms with van der Waals surface area (Å²) in [6.45, 7) is 0. The Labute approximate surface area is 90.6 Å². The highest BCUT2D eigenvalue weighted by molar-refractivity contribution is 7.98. The molecule has 2 N–H and O–H groups in total. The van der Waals surface area contributed by atoms with E-state index in [1.165, 1.54) is 23.9 Å². The van der Waals surface area contributed by atoms with Crippen molar-refractivity contribution in [3.8, 4) is 22.8 Å². The number of rotatable bonds is 2. The van der Waals surface area contributed by atoms with Crippen LogP contribution in [0.15, 0.2) is 34.0 Å². The van der Waals surface area contributed by atoms with Crippen molar-refractivity contribution in [1.82, 2.24) is 4.98 Å². The normalized spacial score (nSPS) is 10.5. The third-order valence-electron chi connectivity index (χ3n) is 1.92. The minimum Gasteiger partial charge on any atom is -0.504 e. The molecule has 0 aliphatic rings. The Morgan fingerprint density at radius 3 is 2.67 bits per heavy atom. The Balaban J connectivity index is 2.40. The average Bonchev–Trinajstić information content (AvgIpc) is 2.70. The monoisotopic (exact) mass is 223 g/mol. The third-order valence-corrected chi connectivity index (χ3v) is 2.46. The lowest BCUT2D eigenvalue weighted by Gasteiger charge is -1.99. The molecule has 2 aromatic rings. The predicted molar refractivity (Wildman–Crippen MR) is 57.0 cm³/mol. The van der Waals surface area contributed by atoms with Crippen molar-refractivity contribution >= 4 is 11.8 Å². The maximum absolute atomic E-state index is 9.31. The molecule has 0 atom stereocenters. The second kappa shape index (κ2) is 3.86. The van der Waals surface area contributed by atoms with Gasteiger partial charge in [-0.2, -0.15) is 0 Å². The first-order valence-electron chi connectivity index (χ1n) is 4.23. The van der Waals surface area contributed by atoms with Gasteiger partial charge in [0.25, 0.3) is 5.22 Å². The van der Waals surface area contributed by atoms with Crippen LogP contribution in [-0.4, -0.2) is 21.5 Å². The van der Waals surface area contributed by atoms with Crippen LogP contribution in [0.3, 0.4) is 0 Å². The Morgan fingerprint density at radius 2 is 2.07 bits per heavy atom. The highest BCUT2D eigenvalue weighted by Crippen LogP contribution is 2.31. The molecule has 0 aliphatic carbocycles. The Bertz CT molecular complexity index is 481. The van der Waals surface area contributed by atoms with Gasteiger partial charge in [-0.25, -0.2) is 4.98 Å². The van der Waals surface area contributed by atoms with Gasteiger partial charge in [-0.15, -0.1) is 0 Å². The number of hydrogen-bond donors (Lipinski definition) is 2. The Hall–Kier alpha value is -1.62. The Kier molecular flexibility index (Phi) is 2.55. The van der Waals surface area contributed by atoms with E-state index in [9.17, 15) is 5.11 Å². The summed E-state index contributed by atoms with van der Waals surface area (Å²) in [5.41, 5.74) is 0.679. The van der Waals surface area contributed by atoms with Gasteiger partial charge in [-0.3, -0.25) is 0 Å². The van der Waals surface area contributed by atoms with Crippen molar-refractivity contribution in [2.45, 2.75) is 5.22 Å². The van der Waals surface area contributed by atoms with Crippen LogP contribution >= 0.6 is 11.8 Å². The van der Waals surface area contributed by atoms with Crippen LogP contribution < -0.4 is 0 Å². The molecule has 1 aromatic carbocycles. The molecule has 1 aromatic heterocycles. The van der Waals surface area contributed by atoms with Crippen LogP contribution in [-0.2, 0) is 0 Å². The quantitative estimate of drug-likeness (QED) is 0.604. The van der Waals surface area contributed by atoms with E-state index in [1.54, 1.807) is 12.3 Å². The van der Waals surface area contributed by atoms with Crippen molar-refractivity contribution in [2.24, 2.45) is 0 Å². The summed E-state index contributed by atoms with van der Waals surface area (Å²) in [5.74, 6) is 0.243. The molecule has 4 nitrogen and oxygen atoms in total. The number of aromatic nitrogens is 1. The van der Waals surface area contributed by atoms with Gasteiger partial charge in [0, 0.05) is 5.56 Å². The Morgan fingerprint density at radius 1 is 1.27 bits per heavy atom. The van der Waals surface area contributed by atoms with E-state index < -0.39 is 0 Å². The van der Waals surface area contributed by atoms with Crippen molar-refractivity contribution in [3.05, 3.63) is 24.4 Å². The van der Waals surface area contributed by atoms with Crippen molar-refractivity contribution in [1.29, 1.82) is 0 Å². The molecule has 0 spiro atoms. The number of phenolic OH excluding ortho intramolecular Hbond substituents is 2. The van der Waals surface area contributed by atoms with E-state index >= 15 is 0 Å². The SMILES string of the molecule is CSc1ncc(-c2ccc(O)c(O)c2)o1. The third kappa shape index (κ3) is 1.92. The summed E-state index contributed by atoms with van der Waals surface area (Å²) in [7, 11) is 0. The van der Waals surface area contributed by atoms with Gasteiger partial charge in [0.2, 0.25) is 0 Å². The lowest BCUT2D eigenvalue weighted by atomic mass is 10.1. The fourth-order valence-electron chi connectivity index (χ4n) is 1.16. The van der Waals surface area contributed by atoms with Gasteiger partial charge in [-0.05, 0) is 24.5 Å². The molecule has 0 fully saturated rings. The van der Waals surface area contributed by atoms with Gasteiger partial charge in [0.1, 0.15) is 0 Å². The van der Waals surface area contributed by atoms with E-state index in [2.05, 4.69) is 4.98 Å². The van der Waals surface area contributed by atoms with E-state index in [1.807, 2.05) is 6.26 Å². The number of nitrogens with zero attached hydrogens (tertiary/aromatic N) is 1. The van der Waals surface area contributed by atoms with E-state index in [0.717, 1.165) is 0 Å². The second-order valence-corrected chi connectivity index (χ2v) is 3.66. The summed E-state index contributed by atoms with van der Waals surface area (Å²) in [5, 5.41) is 19.0. The first-order chi connectivity index (χ1) is 7.20. The molecule has 0 saturated heterocycles. The molecular formula is C10H9NO3S. The van der Waals surface area contributed by atoms with Crippen LogP contribution in [0.5, 0.6) is 11.5 Å². The van der Waals surface area contributed by atoms with Gasteiger partial charge in [-0.1, -0.05) is 11.8 Å². The first kappa shape index (κ1) is 9.92. The minimum absolute atomic E-state index is 0.150. The number of phenols is 2. The zero-order chi connectivity index (χ0) is 10.8. The van der Waals surface area contributed by atoms with Crippen molar-refractivity contribution in [2.75, 3.05) is 6.26 Å². The standard InChI is InChI=1S/C10H9NO3S/c1-15-10-11-5-9(14-10)6-2-3-7(12)8(13)4-6/h2-5,12-13H,1H3. The predicted octanol–water partition coefficient (Wildman–Crippen LogP) is 2.47. The first-order valence-corrected chi connectivity index (χ1v) is 5.45. The molecule has 0 amide bonds. The number of hydrogen-bond acceptors (Lipinski definition) is 5. The molecule has 15 heavy (non-hydrogen) atoms. The van der Waals surface area contributed by atoms with E-state index in [-0.39, 0.29) is 11.5 Å². The van der Waals surface area contributed by atoms with Gasteiger partial charge >= 0.3 is 0 Å². The molecule has 0 unspecified atom stereocenters. The lowest BCUT2D eigenvalue weighted by Crippen LogP contribution is -1.74. The molecule has 0 bridgehead atoms. The topological polar surface area (TPSA) is 66.5 Å². The fraction of sp³-hybridized carbons (Fsp3) is 0.100. The number of oxazole rings is 1. The highest BCUT2D eigenvalue weighted by Gasteiger charge is 2.07. The molecule has 78 valence electrons. The summed E-state index contributed by atoms with van der Waals surface area (Å²) < 4.78 is 5.37. The summed E-state index contributed by atoms with van der Waals surface area (Å²) in [6, 6.07) is 4.49. The zero-order valence-electron chi connectivity index (χ0n) is 7.97. The van der Waals surface area contributed by atoms with Gasteiger partial charge in [0.15, 0.2) is 17.3 Å². The molecule has 0 saturated carbocycles. The lowest BCUT2D eigenvalue weighted by molar-refractivity contribution is 0.403. The van der Waals surface area contributed by atoms with Crippen LogP contribution in [0.4, 0.5) is 0 Å². The molecule has 5 heteroatoms. The number of benzene rings is 1. The number of thioether (sulfide) groups is 1. The summed E-state index contributed by atoms with van der Waals surface area (Å²) in [4.78, 5) is 4.02. The smallest absolute Gasteiger partial charge is 0.255 e. The van der Waals surface area contributed by atoms with Crippen LogP contribution in [0.1, 0.15) is 0 Å². The maximum atomic E-state index is 9.31. The van der Waals surface area contributed by atoms with Gasteiger partial charge in [0.05, 0.1) is 6.20 Å². The van der Waals surface area contributed by atoms with Crippen LogP contribution in [0.2, 0.25) is 0 Å². The van der Waals surface area contributed by atoms with Crippen molar-refractivity contribution < 1.29 is 14.6 Å². The largest absolute Gasteiger partial charge is 0.504 e. The molecule has 2 rings (SSSR count). The van der Waals surface area contributed by atoms with Crippen LogP contribution in [0, 0.1) is 0 Å². The molecule has 1 heterocycles. The minimum atomic E-state index is -0.172. The van der Waals surface area contributed by atoms with Crippen LogP contribution in [0.25, 0.3) is 11.3 Å². The van der Waals surface area contributed by atoms with Gasteiger partial charge < -0.3 is 14.6 Å². The van der Waals surface area contributed by atoms with Crippen molar-refractivity contribution in [3.63, 3.8) is 0 Å². The molecule has 0 aliphatic heterocycles. The maximum Gasteiger partial charge on any atom is 0.255 e. The van der Waals surface area contributed by atoms with E-state index in [4.69, 9.17) is 9.52 Å². The van der Waals surface area contributed by atoms with E-state index in [0.29, 0.717) is 16.5 Å². The fourth-order valence-corrected chi connectivity index (χ4v) is 1.49. The summed E-state index contributed by atoms with van der Waals surface area (Å²) in [6.07, 6.45) is 3.45. The molecule has 0 radical (unpaired) electrons. The molecular weight excluding hydrogens is 214 g/mol. The zero-order valence-corrected chi connectivity index (χ0v) is 8.78. The highest BCUT2D eigenvalue weighted by atomic mass is 32.2. The average molecular weight is 223 g/mol. The second-order valence-electron chi connectivity index (χ2n) is 2.90.